The molecule has 2 aliphatic rings. The molecule has 0 aromatic heterocycles. The number of carbonyl (C=O) groups is 1. The largest absolute Gasteiger partial charge is 0.444 e. The smallest absolute Gasteiger partial charge is 0.410 e. The quantitative estimate of drug-likeness (QED) is 0.534. The van der Waals surface area contributed by atoms with Crippen LogP contribution < -0.4 is 4.90 Å². The number of hydrogen-bond acceptors (Lipinski definition) is 5. The van der Waals surface area contributed by atoms with E-state index in [0.717, 1.165) is 37.1 Å². The van der Waals surface area contributed by atoms with Crippen LogP contribution in [0.3, 0.4) is 0 Å². The van der Waals surface area contributed by atoms with Gasteiger partial charge in [0.15, 0.2) is 0 Å². The van der Waals surface area contributed by atoms with Crippen molar-refractivity contribution in [1.29, 1.82) is 0 Å². The number of rotatable bonds is 3. The Bertz CT molecular complexity index is 805. The van der Waals surface area contributed by atoms with Crippen LogP contribution in [0, 0.1) is 16.0 Å². The molecule has 0 saturated carbocycles. The molecule has 2 aliphatic heterocycles. The lowest BCUT2D eigenvalue weighted by Crippen LogP contribution is -2.39. The summed E-state index contributed by atoms with van der Waals surface area (Å²) in [5.74, 6) is 0.661. The summed E-state index contributed by atoms with van der Waals surface area (Å²) < 4.78 is 5.44. The van der Waals surface area contributed by atoms with Crippen molar-refractivity contribution >= 4 is 23.0 Å². The Labute approximate surface area is 172 Å². The number of piperidine rings is 1. The number of nitrogens with zero attached hydrogens (tertiary/aromatic N) is 3. The Morgan fingerprint density at radius 2 is 1.90 bits per heavy atom. The van der Waals surface area contributed by atoms with E-state index < -0.39 is 5.60 Å². The van der Waals surface area contributed by atoms with Gasteiger partial charge in [0.25, 0.3) is 5.69 Å². The molecule has 158 valence electrons. The van der Waals surface area contributed by atoms with E-state index in [1.165, 1.54) is 0 Å². The lowest BCUT2D eigenvalue weighted by atomic mass is 9.96. The normalized spacial score (nSPS) is 18.4. The average Bonchev–Trinajstić information content (AvgIpc) is 2.67. The van der Waals surface area contributed by atoms with Crippen LogP contribution in [0.25, 0.3) is 5.57 Å². The van der Waals surface area contributed by atoms with Crippen LogP contribution >= 0.6 is 0 Å². The maximum atomic E-state index is 12.3. The lowest BCUT2D eigenvalue weighted by Gasteiger charge is -2.32. The molecule has 7 nitrogen and oxygen atoms in total. The topological polar surface area (TPSA) is 75.9 Å². The molecule has 29 heavy (non-hydrogen) atoms. The first-order valence-electron chi connectivity index (χ1n) is 10.3. The first-order chi connectivity index (χ1) is 13.6. The highest BCUT2D eigenvalue weighted by Crippen LogP contribution is 2.35. The number of carbonyl (C=O) groups excluding carboxylic acids is 1. The lowest BCUT2D eigenvalue weighted by molar-refractivity contribution is -0.384. The van der Waals surface area contributed by atoms with Gasteiger partial charge < -0.3 is 14.5 Å². The number of nitro benzene ring substituents is 1. The summed E-state index contributed by atoms with van der Waals surface area (Å²) in [6.07, 6.45) is 4.52. The molecule has 0 radical (unpaired) electrons. The monoisotopic (exact) mass is 401 g/mol. The van der Waals surface area contributed by atoms with E-state index in [1.54, 1.807) is 11.0 Å². The third kappa shape index (κ3) is 5.28. The van der Waals surface area contributed by atoms with Crippen molar-refractivity contribution in [2.24, 2.45) is 5.92 Å². The molecule has 0 bridgehead atoms. The van der Waals surface area contributed by atoms with Crippen LogP contribution in [0.5, 0.6) is 0 Å². The van der Waals surface area contributed by atoms with Crippen molar-refractivity contribution in [3.63, 3.8) is 0 Å². The highest BCUT2D eigenvalue weighted by Gasteiger charge is 2.26. The molecule has 0 N–H and O–H groups in total. The van der Waals surface area contributed by atoms with E-state index in [9.17, 15) is 14.9 Å². The molecule has 2 heterocycles. The van der Waals surface area contributed by atoms with Gasteiger partial charge in [-0.25, -0.2) is 4.79 Å². The van der Waals surface area contributed by atoms with E-state index >= 15 is 0 Å². The van der Waals surface area contributed by atoms with Crippen LogP contribution in [-0.4, -0.2) is 47.7 Å². The van der Waals surface area contributed by atoms with Gasteiger partial charge in [-0.05, 0) is 69.2 Å². The first kappa shape index (κ1) is 21.1. The number of hydrogen-bond donors (Lipinski definition) is 0. The number of benzene rings is 1. The standard InChI is InChI=1S/C22H31N3O4/c1-16-7-11-23(12-8-16)20-15-18(5-6-19(20)25(27)28)17-9-13-24(14-10-17)21(26)29-22(2,3)4/h5-6,9,15-16H,7-8,10-14H2,1-4H3. The minimum Gasteiger partial charge on any atom is -0.444 e. The fourth-order valence-electron chi connectivity index (χ4n) is 3.80. The fourth-order valence-corrected chi connectivity index (χ4v) is 3.80. The van der Waals surface area contributed by atoms with E-state index in [0.29, 0.717) is 31.1 Å². The van der Waals surface area contributed by atoms with Crippen LogP contribution in [0.2, 0.25) is 0 Å². The van der Waals surface area contributed by atoms with Crippen LogP contribution in [0.1, 0.15) is 52.5 Å². The molecule has 0 atom stereocenters. The Hall–Kier alpha value is -2.57. The molecular formula is C22H31N3O4. The molecule has 0 unspecified atom stereocenters. The summed E-state index contributed by atoms with van der Waals surface area (Å²) in [5, 5.41) is 11.6. The predicted octanol–water partition coefficient (Wildman–Crippen LogP) is 4.86. The first-order valence-corrected chi connectivity index (χ1v) is 10.3. The molecule has 1 amide bonds. The highest BCUT2D eigenvalue weighted by molar-refractivity contribution is 5.76. The molecular weight excluding hydrogens is 370 g/mol. The Morgan fingerprint density at radius 3 is 2.45 bits per heavy atom. The van der Waals surface area contributed by atoms with Gasteiger partial charge in [0.1, 0.15) is 11.3 Å². The van der Waals surface area contributed by atoms with E-state index in [1.807, 2.05) is 39.0 Å². The Kier molecular flexibility index (Phi) is 6.15. The van der Waals surface area contributed by atoms with Crippen molar-refractivity contribution in [2.75, 3.05) is 31.1 Å². The SMILES string of the molecule is CC1CCN(c2cc(C3=CCN(C(=O)OC(C)(C)C)CC3)ccc2[N+](=O)[O-])CC1. The number of nitro groups is 1. The van der Waals surface area contributed by atoms with Crippen molar-refractivity contribution in [3.05, 3.63) is 40.0 Å². The maximum absolute atomic E-state index is 12.3. The number of ether oxygens (including phenoxy) is 1. The molecule has 1 aromatic rings. The zero-order valence-corrected chi connectivity index (χ0v) is 17.8. The van der Waals surface area contributed by atoms with Crippen molar-refractivity contribution in [3.8, 4) is 0 Å². The highest BCUT2D eigenvalue weighted by atomic mass is 16.6. The summed E-state index contributed by atoms with van der Waals surface area (Å²) >= 11 is 0. The van der Waals surface area contributed by atoms with Crippen LogP contribution in [-0.2, 0) is 4.74 Å². The summed E-state index contributed by atoms with van der Waals surface area (Å²) in [4.78, 5) is 27.3. The molecule has 1 saturated heterocycles. The third-order valence-electron chi connectivity index (χ3n) is 5.53. The average molecular weight is 402 g/mol. The van der Waals surface area contributed by atoms with Crippen molar-refractivity contribution in [1.82, 2.24) is 4.90 Å². The van der Waals surface area contributed by atoms with Gasteiger partial charge in [-0.15, -0.1) is 0 Å². The molecule has 1 fully saturated rings. The van der Waals surface area contributed by atoms with Gasteiger partial charge in [0.2, 0.25) is 0 Å². The van der Waals surface area contributed by atoms with Crippen LogP contribution in [0.4, 0.5) is 16.2 Å². The van der Waals surface area contributed by atoms with E-state index in [-0.39, 0.29) is 16.7 Å². The van der Waals surface area contributed by atoms with Crippen molar-refractivity contribution in [2.45, 2.75) is 52.6 Å². The number of anilines is 1. The van der Waals surface area contributed by atoms with Gasteiger partial charge >= 0.3 is 6.09 Å². The summed E-state index contributed by atoms with van der Waals surface area (Å²) in [5.41, 5.74) is 2.46. The minimum absolute atomic E-state index is 0.162. The van der Waals surface area contributed by atoms with Crippen LogP contribution in [0.15, 0.2) is 24.3 Å². The molecule has 0 aliphatic carbocycles. The van der Waals surface area contributed by atoms with E-state index in [2.05, 4.69) is 11.8 Å². The Morgan fingerprint density at radius 1 is 1.21 bits per heavy atom. The zero-order valence-electron chi connectivity index (χ0n) is 17.8. The van der Waals surface area contributed by atoms with Gasteiger partial charge in [-0.3, -0.25) is 10.1 Å². The minimum atomic E-state index is -0.514. The second-order valence-corrected chi connectivity index (χ2v) is 9.04. The van der Waals surface area contributed by atoms with Gasteiger partial charge in [-0.2, -0.15) is 0 Å². The zero-order chi connectivity index (χ0) is 21.2. The third-order valence-corrected chi connectivity index (χ3v) is 5.53. The van der Waals surface area contributed by atoms with E-state index in [4.69, 9.17) is 4.74 Å². The fraction of sp³-hybridized carbons (Fsp3) is 0.591. The summed E-state index contributed by atoms with van der Waals surface area (Å²) in [6.45, 7) is 10.5. The molecule has 1 aromatic carbocycles. The second kappa shape index (κ2) is 8.43. The van der Waals surface area contributed by atoms with Gasteiger partial charge in [0, 0.05) is 32.2 Å². The molecule has 3 rings (SSSR count). The molecule has 7 heteroatoms. The van der Waals surface area contributed by atoms with Crippen molar-refractivity contribution < 1.29 is 14.5 Å². The van der Waals surface area contributed by atoms with Gasteiger partial charge in [0.05, 0.1) is 4.92 Å². The second-order valence-electron chi connectivity index (χ2n) is 9.04. The predicted molar refractivity (Wildman–Crippen MR) is 114 cm³/mol. The Balaban J connectivity index is 1.78. The summed E-state index contributed by atoms with van der Waals surface area (Å²) in [6, 6.07) is 5.38. The molecule has 0 spiro atoms. The summed E-state index contributed by atoms with van der Waals surface area (Å²) in [7, 11) is 0. The maximum Gasteiger partial charge on any atom is 0.410 e. The number of amides is 1. The van der Waals surface area contributed by atoms with Gasteiger partial charge in [-0.1, -0.05) is 13.0 Å².